The number of amides is 1. The van der Waals surface area contributed by atoms with Crippen LogP contribution in [0.3, 0.4) is 0 Å². The number of aliphatic imine (C=N–C) groups is 1. The SMILES string of the molecule is CCC1N=C(Cc2cccc(OC)c2)NC1=O. The number of rotatable bonds is 4. The molecule has 1 aromatic rings. The highest BCUT2D eigenvalue weighted by atomic mass is 16.5. The normalized spacial score (nSPS) is 18.8. The lowest BCUT2D eigenvalue weighted by Gasteiger charge is -2.04. The molecule has 90 valence electrons. The van der Waals surface area contributed by atoms with Crippen molar-refractivity contribution in [3.05, 3.63) is 29.8 Å². The van der Waals surface area contributed by atoms with Gasteiger partial charge in [0.05, 0.1) is 7.11 Å². The van der Waals surface area contributed by atoms with Crippen molar-refractivity contribution in [1.29, 1.82) is 0 Å². The van der Waals surface area contributed by atoms with Crippen LogP contribution in [-0.4, -0.2) is 24.9 Å². The number of hydrogen-bond acceptors (Lipinski definition) is 3. The molecule has 2 rings (SSSR count). The van der Waals surface area contributed by atoms with Gasteiger partial charge in [0.15, 0.2) is 0 Å². The predicted molar refractivity (Wildman–Crippen MR) is 66.4 cm³/mol. The number of nitrogens with zero attached hydrogens (tertiary/aromatic N) is 1. The van der Waals surface area contributed by atoms with Crippen LogP contribution in [0.5, 0.6) is 5.75 Å². The van der Waals surface area contributed by atoms with E-state index in [2.05, 4.69) is 10.3 Å². The van der Waals surface area contributed by atoms with Crippen LogP contribution in [0.15, 0.2) is 29.3 Å². The van der Waals surface area contributed by atoms with Crippen molar-refractivity contribution in [2.24, 2.45) is 4.99 Å². The standard InChI is InChI=1S/C13H16N2O2/c1-3-11-13(16)15-12(14-11)8-9-5-4-6-10(7-9)17-2/h4-7,11H,3,8H2,1-2H3,(H,14,15,16). The zero-order valence-corrected chi connectivity index (χ0v) is 10.1. The zero-order chi connectivity index (χ0) is 12.3. The van der Waals surface area contributed by atoms with Gasteiger partial charge in [0.1, 0.15) is 17.6 Å². The lowest BCUT2D eigenvalue weighted by Crippen LogP contribution is -2.29. The van der Waals surface area contributed by atoms with Crippen LogP contribution in [0.25, 0.3) is 0 Å². The molecule has 4 nitrogen and oxygen atoms in total. The number of ether oxygens (including phenoxy) is 1. The largest absolute Gasteiger partial charge is 0.497 e. The van der Waals surface area contributed by atoms with E-state index in [4.69, 9.17) is 4.74 Å². The first-order valence-corrected chi connectivity index (χ1v) is 5.73. The molecule has 0 saturated carbocycles. The van der Waals surface area contributed by atoms with E-state index in [1.165, 1.54) is 0 Å². The smallest absolute Gasteiger partial charge is 0.250 e. The minimum Gasteiger partial charge on any atom is -0.497 e. The summed E-state index contributed by atoms with van der Waals surface area (Å²) in [5, 5.41) is 2.81. The molecule has 4 heteroatoms. The van der Waals surface area contributed by atoms with Crippen LogP contribution in [0.2, 0.25) is 0 Å². The average Bonchev–Trinajstić information content (AvgIpc) is 2.69. The number of carbonyl (C=O) groups excluding carboxylic acids is 1. The van der Waals surface area contributed by atoms with Crippen LogP contribution in [-0.2, 0) is 11.2 Å². The molecule has 1 unspecified atom stereocenters. The van der Waals surface area contributed by atoms with Crippen molar-refractivity contribution in [2.45, 2.75) is 25.8 Å². The highest BCUT2D eigenvalue weighted by Gasteiger charge is 2.24. The molecule has 1 amide bonds. The van der Waals surface area contributed by atoms with Gasteiger partial charge in [-0.3, -0.25) is 9.79 Å². The monoisotopic (exact) mass is 232 g/mol. The van der Waals surface area contributed by atoms with E-state index in [1.807, 2.05) is 31.2 Å². The number of amidine groups is 1. The number of carbonyl (C=O) groups is 1. The lowest BCUT2D eigenvalue weighted by molar-refractivity contribution is -0.120. The fraction of sp³-hybridized carbons (Fsp3) is 0.385. The minimum atomic E-state index is -0.212. The molecule has 1 aliphatic heterocycles. The Bertz CT molecular complexity index is 454. The van der Waals surface area contributed by atoms with Gasteiger partial charge in [-0.25, -0.2) is 0 Å². The van der Waals surface area contributed by atoms with Crippen LogP contribution in [0.1, 0.15) is 18.9 Å². The molecule has 1 N–H and O–H groups in total. The third-order valence-corrected chi connectivity index (χ3v) is 2.77. The first-order valence-electron chi connectivity index (χ1n) is 5.73. The molecule has 1 aliphatic rings. The summed E-state index contributed by atoms with van der Waals surface area (Å²) in [6.45, 7) is 1.96. The molecule has 0 bridgehead atoms. The van der Waals surface area contributed by atoms with Crippen LogP contribution in [0, 0.1) is 0 Å². The molecular formula is C13H16N2O2. The Morgan fingerprint density at radius 1 is 1.47 bits per heavy atom. The quantitative estimate of drug-likeness (QED) is 0.856. The van der Waals surface area contributed by atoms with E-state index < -0.39 is 0 Å². The summed E-state index contributed by atoms with van der Waals surface area (Å²) in [5.41, 5.74) is 1.08. The third-order valence-electron chi connectivity index (χ3n) is 2.77. The van der Waals surface area contributed by atoms with Crippen molar-refractivity contribution in [3.8, 4) is 5.75 Å². The highest BCUT2D eigenvalue weighted by Crippen LogP contribution is 2.14. The van der Waals surface area contributed by atoms with Crippen molar-refractivity contribution in [1.82, 2.24) is 5.32 Å². The van der Waals surface area contributed by atoms with Gasteiger partial charge in [-0.15, -0.1) is 0 Å². The van der Waals surface area contributed by atoms with Gasteiger partial charge in [-0.1, -0.05) is 19.1 Å². The molecule has 1 atom stereocenters. The molecule has 0 fully saturated rings. The van der Waals surface area contributed by atoms with Crippen LogP contribution < -0.4 is 10.1 Å². The second kappa shape index (κ2) is 4.99. The molecular weight excluding hydrogens is 216 g/mol. The van der Waals surface area contributed by atoms with Crippen molar-refractivity contribution < 1.29 is 9.53 Å². The first-order chi connectivity index (χ1) is 8.22. The Morgan fingerprint density at radius 2 is 2.29 bits per heavy atom. The fourth-order valence-corrected chi connectivity index (χ4v) is 1.85. The van der Waals surface area contributed by atoms with E-state index in [-0.39, 0.29) is 11.9 Å². The lowest BCUT2D eigenvalue weighted by atomic mass is 10.1. The van der Waals surface area contributed by atoms with Gasteiger partial charge < -0.3 is 10.1 Å². The molecule has 17 heavy (non-hydrogen) atoms. The summed E-state index contributed by atoms with van der Waals surface area (Å²) in [6, 6.07) is 7.57. The van der Waals surface area contributed by atoms with Gasteiger partial charge in [0, 0.05) is 6.42 Å². The maximum absolute atomic E-state index is 11.5. The van der Waals surface area contributed by atoms with Gasteiger partial charge in [0.25, 0.3) is 0 Å². The molecule has 1 heterocycles. The van der Waals surface area contributed by atoms with Gasteiger partial charge in [0.2, 0.25) is 5.91 Å². The number of benzene rings is 1. The van der Waals surface area contributed by atoms with E-state index in [0.29, 0.717) is 6.42 Å². The zero-order valence-electron chi connectivity index (χ0n) is 10.1. The van der Waals surface area contributed by atoms with Crippen molar-refractivity contribution in [2.75, 3.05) is 7.11 Å². The molecule has 0 aromatic heterocycles. The molecule has 1 aromatic carbocycles. The summed E-state index contributed by atoms with van der Waals surface area (Å²) >= 11 is 0. The second-order valence-corrected chi connectivity index (χ2v) is 4.02. The van der Waals surface area contributed by atoms with Crippen molar-refractivity contribution >= 4 is 11.7 Å². The summed E-state index contributed by atoms with van der Waals surface area (Å²) in [5.74, 6) is 1.57. The second-order valence-electron chi connectivity index (χ2n) is 4.02. The maximum atomic E-state index is 11.5. The summed E-state index contributed by atoms with van der Waals surface area (Å²) in [6.07, 6.45) is 1.38. The third kappa shape index (κ3) is 2.64. The van der Waals surface area contributed by atoms with Crippen LogP contribution in [0.4, 0.5) is 0 Å². The Hall–Kier alpha value is -1.84. The van der Waals surface area contributed by atoms with E-state index in [9.17, 15) is 4.79 Å². The number of hydrogen-bond donors (Lipinski definition) is 1. The summed E-state index contributed by atoms with van der Waals surface area (Å²) in [7, 11) is 1.64. The molecule has 0 radical (unpaired) electrons. The summed E-state index contributed by atoms with van der Waals surface area (Å²) < 4.78 is 5.16. The molecule has 0 spiro atoms. The Kier molecular flexibility index (Phi) is 3.42. The van der Waals surface area contributed by atoms with E-state index in [0.717, 1.165) is 23.6 Å². The summed E-state index contributed by atoms with van der Waals surface area (Å²) in [4.78, 5) is 15.8. The minimum absolute atomic E-state index is 0.00500. The number of methoxy groups -OCH3 is 1. The fourth-order valence-electron chi connectivity index (χ4n) is 1.85. The van der Waals surface area contributed by atoms with E-state index >= 15 is 0 Å². The Labute approximate surface area is 101 Å². The Morgan fingerprint density at radius 3 is 2.94 bits per heavy atom. The Balaban J connectivity index is 2.09. The van der Waals surface area contributed by atoms with Crippen LogP contribution >= 0.6 is 0 Å². The molecule has 0 saturated heterocycles. The van der Waals surface area contributed by atoms with Gasteiger partial charge >= 0.3 is 0 Å². The average molecular weight is 232 g/mol. The topological polar surface area (TPSA) is 50.7 Å². The first kappa shape index (κ1) is 11.6. The maximum Gasteiger partial charge on any atom is 0.250 e. The van der Waals surface area contributed by atoms with Crippen molar-refractivity contribution in [3.63, 3.8) is 0 Å². The van der Waals surface area contributed by atoms with Gasteiger partial charge in [-0.05, 0) is 24.1 Å². The van der Waals surface area contributed by atoms with Gasteiger partial charge in [-0.2, -0.15) is 0 Å². The number of nitrogens with one attached hydrogen (secondary N) is 1. The predicted octanol–water partition coefficient (Wildman–Crippen LogP) is 1.54. The van der Waals surface area contributed by atoms with E-state index in [1.54, 1.807) is 7.11 Å². The highest BCUT2D eigenvalue weighted by molar-refractivity contribution is 6.06. The molecule has 0 aliphatic carbocycles.